The molecule has 1 heterocycles. The second-order valence-electron chi connectivity index (χ2n) is 4.61. The lowest BCUT2D eigenvalue weighted by Crippen LogP contribution is -2.13. The Kier molecular flexibility index (Phi) is 4.54. The zero-order valence-electron chi connectivity index (χ0n) is 11.9. The standard InChI is InChI=1S/C14H17FN4O2/c1-9-12(15)5-10(6-13(9)16)14(20)18-11-7-17-19(8-11)3-4-21-2/h5-8H,3-4,16H2,1-2H3,(H,18,20). The van der Waals surface area contributed by atoms with E-state index in [-0.39, 0.29) is 11.3 Å². The van der Waals surface area contributed by atoms with Crippen LogP contribution >= 0.6 is 0 Å². The maximum Gasteiger partial charge on any atom is 0.255 e. The average molecular weight is 292 g/mol. The molecule has 0 unspecified atom stereocenters. The number of amides is 1. The fourth-order valence-electron chi connectivity index (χ4n) is 1.77. The molecule has 7 heteroatoms. The molecule has 6 nitrogen and oxygen atoms in total. The Balaban J connectivity index is 2.09. The number of nitrogens with one attached hydrogen (secondary N) is 1. The Bertz CT molecular complexity index is 631. The monoisotopic (exact) mass is 292 g/mol. The maximum atomic E-state index is 13.6. The Labute approximate surface area is 121 Å². The van der Waals surface area contributed by atoms with Crippen LogP contribution in [0.3, 0.4) is 0 Å². The van der Waals surface area contributed by atoms with Crippen molar-refractivity contribution in [3.8, 4) is 0 Å². The van der Waals surface area contributed by atoms with Gasteiger partial charge < -0.3 is 15.8 Å². The summed E-state index contributed by atoms with van der Waals surface area (Å²) in [6.45, 7) is 2.67. The summed E-state index contributed by atoms with van der Waals surface area (Å²) >= 11 is 0. The summed E-state index contributed by atoms with van der Waals surface area (Å²) < 4.78 is 20.2. The van der Waals surface area contributed by atoms with E-state index in [9.17, 15) is 9.18 Å². The topological polar surface area (TPSA) is 82.2 Å². The van der Waals surface area contributed by atoms with Crippen molar-refractivity contribution in [2.45, 2.75) is 13.5 Å². The van der Waals surface area contributed by atoms with Crippen LogP contribution in [0.15, 0.2) is 24.5 Å². The Morgan fingerprint density at radius 2 is 2.29 bits per heavy atom. The third kappa shape index (κ3) is 3.57. The van der Waals surface area contributed by atoms with E-state index in [2.05, 4.69) is 10.4 Å². The van der Waals surface area contributed by atoms with E-state index in [0.717, 1.165) is 6.07 Å². The molecule has 2 rings (SSSR count). The van der Waals surface area contributed by atoms with Crippen LogP contribution in [0.4, 0.5) is 15.8 Å². The first-order valence-corrected chi connectivity index (χ1v) is 6.39. The highest BCUT2D eigenvalue weighted by atomic mass is 19.1. The van der Waals surface area contributed by atoms with Crippen LogP contribution < -0.4 is 11.1 Å². The van der Waals surface area contributed by atoms with Gasteiger partial charge in [-0.25, -0.2) is 4.39 Å². The molecular weight excluding hydrogens is 275 g/mol. The highest BCUT2D eigenvalue weighted by molar-refractivity contribution is 6.04. The van der Waals surface area contributed by atoms with Crippen molar-refractivity contribution < 1.29 is 13.9 Å². The molecule has 0 aliphatic heterocycles. The summed E-state index contributed by atoms with van der Waals surface area (Å²) in [6, 6.07) is 2.61. The van der Waals surface area contributed by atoms with Crippen LogP contribution in [-0.4, -0.2) is 29.4 Å². The van der Waals surface area contributed by atoms with Gasteiger partial charge in [-0.3, -0.25) is 9.48 Å². The van der Waals surface area contributed by atoms with Gasteiger partial charge in [-0.1, -0.05) is 0 Å². The zero-order chi connectivity index (χ0) is 15.4. The predicted octanol–water partition coefficient (Wildman–Crippen LogP) is 1.81. The van der Waals surface area contributed by atoms with E-state index in [4.69, 9.17) is 10.5 Å². The van der Waals surface area contributed by atoms with Crippen molar-refractivity contribution in [3.05, 3.63) is 41.5 Å². The van der Waals surface area contributed by atoms with E-state index in [1.165, 1.54) is 12.3 Å². The third-order valence-corrected chi connectivity index (χ3v) is 3.06. The van der Waals surface area contributed by atoms with E-state index < -0.39 is 11.7 Å². The molecule has 3 N–H and O–H groups in total. The van der Waals surface area contributed by atoms with Crippen molar-refractivity contribution in [2.75, 3.05) is 24.8 Å². The van der Waals surface area contributed by atoms with Crippen molar-refractivity contribution in [1.29, 1.82) is 0 Å². The van der Waals surface area contributed by atoms with Gasteiger partial charge in [0, 0.05) is 30.1 Å². The lowest BCUT2D eigenvalue weighted by Gasteiger charge is -2.06. The molecule has 0 atom stereocenters. The molecule has 21 heavy (non-hydrogen) atoms. The minimum absolute atomic E-state index is 0.167. The lowest BCUT2D eigenvalue weighted by atomic mass is 10.1. The SMILES string of the molecule is COCCn1cc(NC(=O)c2cc(N)c(C)c(F)c2)cn1. The number of anilines is 2. The van der Waals surface area contributed by atoms with E-state index >= 15 is 0 Å². The van der Waals surface area contributed by atoms with E-state index in [1.54, 1.807) is 24.9 Å². The Hall–Kier alpha value is -2.41. The van der Waals surface area contributed by atoms with Gasteiger partial charge in [0.2, 0.25) is 0 Å². The molecular formula is C14H17FN4O2. The number of methoxy groups -OCH3 is 1. The summed E-state index contributed by atoms with van der Waals surface area (Å²) in [5.74, 6) is -0.942. The van der Waals surface area contributed by atoms with Gasteiger partial charge in [-0.15, -0.1) is 0 Å². The third-order valence-electron chi connectivity index (χ3n) is 3.06. The van der Waals surface area contributed by atoms with Crippen molar-refractivity contribution in [1.82, 2.24) is 9.78 Å². The first kappa shape index (κ1) is 15.0. The van der Waals surface area contributed by atoms with Gasteiger partial charge in [-0.05, 0) is 19.1 Å². The van der Waals surface area contributed by atoms with Crippen LogP contribution in [0.25, 0.3) is 0 Å². The van der Waals surface area contributed by atoms with Gasteiger partial charge in [-0.2, -0.15) is 5.10 Å². The smallest absolute Gasteiger partial charge is 0.255 e. The average Bonchev–Trinajstić information content (AvgIpc) is 2.89. The summed E-state index contributed by atoms with van der Waals surface area (Å²) in [4.78, 5) is 12.1. The van der Waals surface area contributed by atoms with Crippen LogP contribution in [-0.2, 0) is 11.3 Å². The molecule has 0 fully saturated rings. The maximum absolute atomic E-state index is 13.6. The number of rotatable bonds is 5. The van der Waals surface area contributed by atoms with Gasteiger partial charge in [0.1, 0.15) is 5.82 Å². The number of hydrogen-bond donors (Lipinski definition) is 2. The normalized spacial score (nSPS) is 10.6. The number of nitrogens with two attached hydrogens (primary N) is 1. The summed E-state index contributed by atoms with van der Waals surface area (Å²) in [6.07, 6.45) is 3.19. The van der Waals surface area contributed by atoms with Crippen LogP contribution in [0.1, 0.15) is 15.9 Å². The molecule has 1 aromatic carbocycles. The number of benzene rings is 1. The predicted molar refractivity (Wildman–Crippen MR) is 77.6 cm³/mol. The van der Waals surface area contributed by atoms with Crippen LogP contribution in [0.5, 0.6) is 0 Å². The van der Waals surface area contributed by atoms with Crippen molar-refractivity contribution >= 4 is 17.3 Å². The highest BCUT2D eigenvalue weighted by Crippen LogP contribution is 2.18. The first-order chi connectivity index (χ1) is 10.0. The van der Waals surface area contributed by atoms with Crippen molar-refractivity contribution in [3.63, 3.8) is 0 Å². The number of carbonyl (C=O) groups excluding carboxylic acids is 1. The quantitative estimate of drug-likeness (QED) is 0.823. The second kappa shape index (κ2) is 6.36. The Morgan fingerprint density at radius 3 is 2.95 bits per heavy atom. The summed E-state index contributed by atoms with van der Waals surface area (Å²) in [5, 5.41) is 6.72. The van der Waals surface area contributed by atoms with Gasteiger partial charge in [0.05, 0.1) is 25.0 Å². The number of halogens is 1. The molecule has 0 saturated heterocycles. The van der Waals surface area contributed by atoms with Crippen molar-refractivity contribution in [2.24, 2.45) is 0 Å². The van der Waals surface area contributed by atoms with Gasteiger partial charge >= 0.3 is 0 Å². The number of aromatic nitrogens is 2. The minimum atomic E-state index is -0.504. The molecule has 2 aromatic rings. The molecule has 112 valence electrons. The van der Waals surface area contributed by atoms with E-state index in [0.29, 0.717) is 24.4 Å². The molecule has 0 bridgehead atoms. The Morgan fingerprint density at radius 1 is 1.52 bits per heavy atom. The zero-order valence-corrected chi connectivity index (χ0v) is 11.9. The fraction of sp³-hybridized carbons (Fsp3) is 0.286. The molecule has 1 aromatic heterocycles. The molecule has 0 aliphatic carbocycles. The number of hydrogen-bond acceptors (Lipinski definition) is 4. The van der Waals surface area contributed by atoms with E-state index in [1.807, 2.05) is 0 Å². The molecule has 0 spiro atoms. The number of carbonyl (C=O) groups is 1. The molecule has 0 saturated carbocycles. The van der Waals surface area contributed by atoms with Crippen LogP contribution in [0, 0.1) is 12.7 Å². The van der Waals surface area contributed by atoms with Gasteiger partial charge in [0.25, 0.3) is 5.91 Å². The number of ether oxygens (including phenoxy) is 1. The lowest BCUT2D eigenvalue weighted by molar-refractivity contribution is 0.102. The minimum Gasteiger partial charge on any atom is -0.398 e. The second-order valence-corrected chi connectivity index (χ2v) is 4.61. The molecule has 1 amide bonds. The number of nitrogens with zero attached hydrogens (tertiary/aromatic N) is 2. The first-order valence-electron chi connectivity index (χ1n) is 6.39. The molecule has 0 aliphatic rings. The molecule has 0 radical (unpaired) electrons. The fourth-order valence-corrected chi connectivity index (χ4v) is 1.77. The van der Waals surface area contributed by atoms with Crippen LogP contribution in [0.2, 0.25) is 0 Å². The number of nitrogen functional groups attached to an aromatic ring is 1. The largest absolute Gasteiger partial charge is 0.398 e. The van der Waals surface area contributed by atoms with Gasteiger partial charge in [0.15, 0.2) is 0 Å². The highest BCUT2D eigenvalue weighted by Gasteiger charge is 2.12. The summed E-state index contributed by atoms with van der Waals surface area (Å²) in [7, 11) is 1.60. The summed E-state index contributed by atoms with van der Waals surface area (Å²) in [5.41, 5.74) is 6.93.